The van der Waals surface area contributed by atoms with Gasteiger partial charge in [0.15, 0.2) is 11.5 Å². The molecule has 0 unspecified atom stereocenters. The molecule has 0 aliphatic heterocycles. The van der Waals surface area contributed by atoms with Crippen LogP contribution in [0, 0.1) is 0 Å². The monoisotopic (exact) mass is 455 g/mol. The molecule has 0 aliphatic rings. The van der Waals surface area contributed by atoms with Gasteiger partial charge in [0.1, 0.15) is 5.75 Å². The zero-order chi connectivity index (χ0) is 22.3. The predicted octanol–water partition coefficient (Wildman–Crippen LogP) is 2.14. The Balaban J connectivity index is 2.06. The van der Waals surface area contributed by atoms with Gasteiger partial charge in [-0.1, -0.05) is 17.7 Å². The van der Waals surface area contributed by atoms with Crippen LogP contribution in [0.4, 0.5) is 0 Å². The van der Waals surface area contributed by atoms with E-state index in [-0.39, 0.29) is 9.92 Å². The van der Waals surface area contributed by atoms with E-state index in [0.29, 0.717) is 22.8 Å². The summed E-state index contributed by atoms with van der Waals surface area (Å²) in [5.41, 5.74) is 2.86. The Bertz CT molecular complexity index is 1040. The maximum atomic E-state index is 12.6. The number of halogens is 1. The molecule has 0 bridgehead atoms. The summed E-state index contributed by atoms with van der Waals surface area (Å²) in [4.78, 5) is 12.1. The Morgan fingerprint density at radius 3 is 2.43 bits per heavy atom. The van der Waals surface area contributed by atoms with E-state index < -0.39 is 22.5 Å². The van der Waals surface area contributed by atoms with E-state index in [1.54, 1.807) is 18.2 Å². The Labute approximate surface area is 180 Å². The molecule has 0 radical (unpaired) electrons. The topological polar surface area (TPSA) is 107 Å². The first kappa shape index (κ1) is 23.5. The van der Waals surface area contributed by atoms with E-state index in [2.05, 4.69) is 10.5 Å². The van der Waals surface area contributed by atoms with Crippen LogP contribution in [0.25, 0.3) is 0 Å². The van der Waals surface area contributed by atoms with Gasteiger partial charge in [0.05, 0.1) is 44.0 Å². The summed E-state index contributed by atoms with van der Waals surface area (Å²) in [6.07, 6.45) is 1.37. The normalized spacial score (nSPS) is 11.5. The highest BCUT2D eigenvalue weighted by Crippen LogP contribution is 2.29. The number of sulfonamides is 1. The lowest BCUT2D eigenvalue weighted by Gasteiger charge is -2.16. The van der Waals surface area contributed by atoms with Crippen LogP contribution in [0.1, 0.15) is 5.56 Å². The van der Waals surface area contributed by atoms with Crippen molar-refractivity contribution in [3.05, 3.63) is 47.0 Å². The van der Waals surface area contributed by atoms with Crippen molar-refractivity contribution in [1.82, 2.24) is 9.73 Å². The molecular weight excluding hydrogens is 434 g/mol. The van der Waals surface area contributed by atoms with Crippen molar-refractivity contribution in [2.24, 2.45) is 5.10 Å². The van der Waals surface area contributed by atoms with E-state index in [9.17, 15) is 13.2 Å². The molecule has 0 aliphatic carbocycles. The number of nitrogens with one attached hydrogen (secondary N) is 1. The van der Waals surface area contributed by atoms with Crippen molar-refractivity contribution in [2.45, 2.75) is 4.90 Å². The quantitative estimate of drug-likeness (QED) is 0.458. The SMILES string of the molecule is COc1ccc(S(=O)(=O)N(C)CC(=O)N/N=C/c2cccc(OC)c2OC)cc1Cl. The third-order valence-electron chi connectivity index (χ3n) is 4.02. The van der Waals surface area contributed by atoms with E-state index in [4.69, 9.17) is 25.8 Å². The minimum absolute atomic E-state index is 0.0618. The summed E-state index contributed by atoms with van der Waals surface area (Å²) in [5, 5.41) is 4.00. The molecule has 0 saturated heterocycles. The van der Waals surface area contributed by atoms with Crippen molar-refractivity contribution in [2.75, 3.05) is 34.9 Å². The molecule has 9 nitrogen and oxygen atoms in total. The average Bonchev–Trinajstić information content (AvgIpc) is 2.73. The summed E-state index contributed by atoms with van der Waals surface area (Å²) in [7, 11) is 1.76. The number of methoxy groups -OCH3 is 3. The summed E-state index contributed by atoms with van der Waals surface area (Å²) in [5.74, 6) is 0.683. The van der Waals surface area contributed by atoms with Crippen LogP contribution < -0.4 is 19.6 Å². The number of nitrogens with zero attached hydrogens (tertiary/aromatic N) is 2. The van der Waals surface area contributed by atoms with Gasteiger partial charge in [0.2, 0.25) is 10.0 Å². The zero-order valence-corrected chi connectivity index (χ0v) is 18.5. The van der Waals surface area contributed by atoms with Crippen molar-refractivity contribution >= 4 is 33.7 Å². The van der Waals surface area contributed by atoms with Crippen molar-refractivity contribution in [3.63, 3.8) is 0 Å². The van der Waals surface area contributed by atoms with Gasteiger partial charge < -0.3 is 14.2 Å². The highest BCUT2D eigenvalue weighted by Gasteiger charge is 2.24. The van der Waals surface area contributed by atoms with Gasteiger partial charge in [-0.05, 0) is 30.3 Å². The highest BCUT2D eigenvalue weighted by atomic mass is 35.5. The smallest absolute Gasteiger partial charge is 0.255 e. The first-order valence-corrected chi connectivity index (χ1v) is 10.4. The summed E-state index contributed by atoms with van der Waals surface area (Å²) < 4.78 is 41.7. The van der Waals surface area contributed by atoms with Crippen LogP contribution in [-0.4, -0.2) is 59.8 Å². The van der Waals surface area contributed by atoms with Crippen molar-refractivity contribution in [1.29, 1.82) is 0 Å². The molecule has 2 aromatic carbocycles. The second-order valence-electron chi connectivity index (χ2n) is 5.93. The number of para-hydroxylation sites is 1. The fourth-order valence-corrected chi connectivity index (χ4v) is 3.97. The van der Waals surface area contributed by atoms with Gasteiger partial charge in [-0.15, -0.1) is 0 Å². The second-order valence-corrected chi connectivity index (χ2v) is 8.39. The third-order valence-corrected chi connectivity index (χ3v) is 6.12. The van der Waals surface area contributed by atoms with E-state index in [0.717, 1.165) is 4.31 Å². The molecule has 11 heteroatoms. The first-order valence-electron chi connectivity index (χ1n) is 8.57. The summed E-state index contributed by atoms with van der Waals surface area (Å²) in [6, 6.07) is 9.24. The minimum Gasteiger partial charge on any atom is -0.495 e. The number of ether oxygens (including phenoxy) is 3. The maximum Gasteiger partial charge on any atom is 0.255 e. The van der Waals surface area contributed by atoms with E-state index in [1.807, 2.05) is 0 Å². The fraction of sp³-hybridized carbons (Fsp3) is 0.263. The molecular formula is C19H22ClN3O6S. The number of carbonyl (C=O) groups is 1. The number of rotatable bonds is 9. The Kier molecular flexibility index (Phi) is 8.04. The van der Waals surface area contributed by atoms with Gasteiger partial charge in [-0.25, -0.2) is 13.8 Å². The third kappa shape index (κ3) is 5.41. The van der Waals surface area contributed by atoms with Crippen LogP contribution in [0.15, 0.2) is 46.4 Å². The van der Waals surface area contributed by atoms with Gasteiger partial charge >= 0.3 is 0 Å². The molecule has 2 rings (SSSR count). The number of likely N-dealkylation sites (N-methyl/N-ethyl adjacent to an activating group) is 1. The number of hydrazone groups is 1. The molecule has 0 saturated carbocycles. The lowest BCUT2D eigenvalue weighted by Crippen LogP contribution is -2.36. The standard InChI is InChI=1S/C19H22ClN3O6S/c1-23(30(25,26)14-8-9-16(27-2)15(20)10-14)12-18(24)22-21-11-13-6-5-7-17(28-3)19(13)29-4/h5-11H,12H2,1-4H3,(H,22,24)/b21-11+. The molecule has 0 spiro atoms. The number of benzene rings is 2. The van der Waals surface area contributed by atoms with E-state index >= 15 is 0 Å². The highest BCUT2D eigenvalue weighted by molar-refractivity contribution is 7.89. The Morgan fingerprint density at radius 2 is 1.83 bits per heavy atom. The lowest BCUT2D eigenvalue weighted by atomic mass is 10.2. The van der Waals surface area contributed by atoms with Crippen LogP contribution >= 0.6 is 11.6 Å². The number of hydrogen-bond acceptors (Lipinski definition) is 7. The molecule has 1 N–H and O–H groups in total. The molecule has 1 amide bonds. The van der Waals surface area contributed by atoms with Crippen LogP contribution in [0.5, 0.6) is 17.2 Å². The molecule has 0 fully saturated rings. The molecule has 0 atom stereocenters. The molecule has 162 valence electrons. The molecule has 30 heavy (non-hydrogen) atoms. The fourth-order valence-electron chi connectivity index (χ4n) is 2.50. The predicted molar refractivity (Wildman–Crippen MR) is 113 cm³/mol. The van der Waals surface area contributed by atoms with Crippen LogP contribution in [-0.2, 0) is 14.8 Å². The number of hydrogen-bond donors (Lipinski definition) is 1. The summed E-state index contributed by atoms with van der Waals surface area (Å²) in [6.45, 7) is -0.446. The lowest BCUT2D eigenvalue weighted by molar-refractivity contribution is -0.121. The van der Waals surface area contributed by atoms with Crippen LogP contribution in [0.2, 0.25) is 5.02 Å². The number of carbonyl (C=O) groups excluding carboxylic acids is 1. The summed E-state index contributed by atoms with van der Waals surface area (Å²) >= 11 is 5.99. The van der Waals surface area contributed by atoms with Gasteiger partial charge in [-0.2, -0.15) is 9.41 Å². The minimum atomic E-state index is -3.93. The van der Waals surface area contributed by atoms with Gasteiger partial charge in [-0.3, -0.25) is 4.79 Å². The number of amides is 1. The second kappa shape index (κ2) is 10.3. The molecule has 0 aromatic heterocycles. The molecule has 0 heterocycles. The zero-order valence-electron chi connectivity index (χ0n) is 16.9. The van der Waals surface area contributed by atoms with Gasteiger partial charge in [0, 0.05) is 12.6 Å². The van der Waals surface area contributed by atoms with Crippen molar-refractivity contribution in [3.8, 4) is 17.2 Å². The Hall–Kier alpha value is -2.82. The first-order chi connectivity index (χ1) is 14.2. The maximum absolute atomic E-state index is 12.6. The van der Waals surface area contributed by atoms with Gasteiger partial charge in [0.25, 0.3) is 5.91 Å². The Morgan fingerprint density at radius 1 is 1.13 bits per heavy atom. The average molecular weight is 456 g/mol. The van der Waals surface area contributed by atoms with Crippen LogP contribution in [0.3, 0.4) is 0 Å². The van der Waals surface area contributed by atoms with E-state index in [1.165, 1.54) is 52.8 Å². The largest absolute Gasteiger partial charge is 0.495 e. The molecule has 2 aromatic rings. The van der Waals surface area contributed by atoms with Crippen molar-refractivity contribution < 1.29 is 27.4 Å².